The third-order valence-electron chi connectivity index (χ3n) is 3.97. The highest BCUT2D eigenvalue weighted by Crippen LogP contribution is 2.37. The molecule has 2 atom stereocenters. The second kappa shape index (κ2) is 4.73. The van der Waals surface area contributed by atoms with Gasteiger partial charge in [0.15, 0.2) is 0 Å². The molecule has 1 aliphatic heterocycles. The van der Waals surface area contributed by atoms with Crippen molar-refractivity contribution in [3.05, 3.63) is 35.5 Å². The molecule has 0 radical (unpaired) electrons. The number of aromatic nitrogens is 1. The van der Waals surface area contributed by atoms with Crippen LogP contribution in [-0.4, -0.2) is 18.1 Å². The Labute approximate surface area is 107 Å². The Hall–Kier alpha value is -1.35. The number of fused-ring (bicyclic) bond motifs is 1. The molecule has 2 aromatic rings. The van der Waals surface area contributed by atoms with Crippen molar-refractivity contribution in [3.8, 4) is 0 Å². The number of H-pyrrole nitrogens is 1. The molecule has 1 fully saturated rings. The highest BCUT2D eigenvalue weighted by Gasteiger charge is 2.28. The van der Waals surface area contributed by atoms with Crippen LogP contribution >= 0.6 is 0 Å². The monoisotopic (exact) mass is 246 g/mol. The second-order valence-corrected chi connectivity index (χ2v) is 5.22. The van der Waals surface area contributed by atoms with Crippen molar-refractivity contribution in [2.75, 3.05) is 13.1 Å². The predicted molar refractivity (Wildman–Crippen MR) is 72.5 cm³/mol. The van der Waals surface area contributed by atoms with Gasteiger partial charge in [-0.25, -0.2) is 4.39 Å². The van der Waals surface area contributed by atoms with E-state index in [9.17, 15) is 4.39 Å². The molecule has 0 aliphatic carbocycles. The molecule has 3 heteroatoms. The topological polar surface area (TPSA) is 27.8 Å². The van der Waals surface area contributed by atoms with Gasteiger partial charge in [-0.05, 0) is 32.4 Å². The van der Waals surface area contributed by atoms with Gasteiger partial charge in [-0.1, -0.05) is 18.2 Å². The Morgan fingerprint density at radius 1 is 1.33 bits per heavy atom. The van der Waals surface area contributed by atoms with Crippen LogP contribution in [0.2, 0.25) is 0 Å². The van der Waals surface area contributed by atoms with Crippen molar-refractivity contribution in [2.24, 2.45) is 5.92 Å². The van der Waals surface area contributed by atoms with Gasteiger partial charge >= 0.3 is 0 Å². The van der Waals surface area contributed by atoms with E-state index >= 15 is 0 Å². The third-order valence-corrected chi connectivity index (χ3v) is 3.97. The van der Waals surface area contributed by atoms with Gasteiger partial charge in [-0.3, -0.25) is 0 Å². The maximum Gasteiger partial charge on any atom is 0.131 e. The minimum Gasteiger partial charge on any atom is -0.358 e. The summed E-state index contributed by atoms with van der Waals surface area (Å²) in [6.45, 7) is 3.79. The first kappa shape index (κ1) is 11.7. The molecule has 2 N–H and O–H groups in total. The molecular formula is C15H19FN2. The lowest BCUT2D eigenvalue weighted by molar-refractivity contribution is 0.195. The van der Waals surface area contributed by atoms with Crippen molar-refractivity contribution >= 4 is 10.9 Å². The van der Waals surface area contributed by atoms with Crippen LogP contribution in [0.3, 0.4) is 0 Å². The number of benzene rings is 1. The molecule has 18 heavy (non-hydrogen) atoms. The summed E-state index contributed by atoms with van der Waals surface area (Å²) in [6.07, 6.45) is 1.19. The fraction of sp³-hybridized carbons (Fsp3) is 0.467. The SMILES string of the molecule is Cc1[nH]c2ccccc2c1C(F)C1CCCNC1. The molecule has 0 saturated carbocycles. The van der Waals surface area contributed by atoms with E-state index in [-0.39, 0.29) is 5.92 Å². The summed E-state index contributed by atoms with van der Waals surface area (Å²) in [5.74, 6) is 0.108. The van der Waals surface area contributed by atoms with Gasteiger partial charge in [-0.2, -0.15) is 0 Å². The number of hydrogen-bond donors (Lipinski definition) is 2. The van der Waals surface area contributed by atoms with E-state index < -0.39 is 6.17 Å². The van der Waals surface area contributed by atoms with Gasteiger partial charge in [0.1, 0.15) is 6.17 Å². The van der Waals surface area contributed by atoms with Crippen molar-refractivity contribution in [1.29, 1.82) is 0 Å². The highest BCUT2D eigenvalue weighted by atomic mass is 19.1. The molecule has 0 bridgehead atoms. The normalized spacial score (nSPS) is 22.2. The average Bonchev–Trinajstić information content (AvgIpc) is 2.75. The number of hydrogen-bond acceptors (Lipinski definition) is 1. The molecular weight excluding hydrogens is 227 g/mol. The Kier molecular flexibility index (Phi) is 3.08. The van der Waals surface area contributed by atoms with Gasteiger partial charge in [0.05, 0.1) is 0 Å². The Balaban J connectivity index is 1.99. The maximum absolute atomic E-state index is 14.8. The van der Waals surface area contributed by atoms with Crippen molar-refractivity contribution < 1.29 is 4.39 Å². The average molecular weight is 246 g/mol. The van der Waals surface area contributed by atoms with E-state index in [1.807, 2.05) is 31.2 Å². The molecule has 3 rings (SSSR count). The number of piperidine rings is 1. The number of nitrogens with one attached hydrogen (secondary N) is 2. The lowest BCUT2D eigenvalue weighted by Gasteiger charge is -2.26. The van der Waals surface area contributed by atoms with Crippen LogP contribution in [0.4, 0.5) is 4.39 Å². The molecule has 2 unspecified atom stereocenters. The first-order chi connectivity index (χ1) is 8.77. The van der Waals surface area contributed by atoms with E-state index in [4.69, 9.17) is 0 Å². The fourth-order valence-electron chi connectivity index (χ4n) is 3.02. The Morgan fingerprint density at radius 2 is 2.17 bits per heavy atom. The minimum absolute atomic E-state index is 0.108. The van der Waals surface area contributed by atoms with Crippen LogP contribution in [0.25, 0.3) is 10.9 Å². The molecule has 1 saturated heterocycles. The summed E-state index contributed by atoms with van der Waals surface area (Å²) in [6, 6.07) is 7.98. The quantitative estimate of drug-likeness (QED) is 0.834. The van der Waals surface area contributed by atoms with E-state index in [2.05, 4.69) is 10.3 Å². The molecule has 96 valence electrons. The molecule has 2 heterocycles. The summed E-state index contributed by atoms with van der Waals surface area (Å²) in [5.41, 5.74) is 2.87. The van der Waals surface area contributed by atoms with Crippen LogP contribution in [0.15, 0.2) is 24.3 Å². The number of aromatic amines is 1. The predicted octanol–water partition coefficient (Wildman–Crippen LogP) is 3.49. The minimum atomic E-state index is -0.867. The van der Waals surface area contributed by atoms with E-state index in [0.29, 0.717) is 0 Å². The Bertz CT molecular complexity index is 540. The summed E-state index contributed by atoms with van der Waals surface area (Å²) in [4.78, 5) is 3.29. The number of para-hydroxylation sites is 1. The smallest absolute Gasteiger partial charge is 0.131 e. The van der Waals surface area contributed by atoms with E-state index in [0.717, 1.165) is 48.1 Å². The summed E-state index contributed by atoms with van der Waals surface area (Å²) in [5, 5.41) is 4.33. The maximum atomic E-state index is 14.8. The summed E-state index contributed by atoms with van der Waals surface area (Å²) < 4.78 is 14.8. The van der Waals surface area contributed by atoms with E-state index in [1.165, 1.54) is 0 Å². The third kappa shape index (κ3) is 1.93. The Morgan fingerprint density at radius 3 is 2.94 bits per heavy atom. The van der Waals surface area contributed by atoms with Crippen molar-refractivity contribution in [1.82, 2.24) is 10.3 Å². The molecule has 0 amide bonds. The fourth-order valence-corrected chi connectivity index (χ4v) is 3.02. The zero-order valence-corrected chi connectivity index (χ0v) is 10.7. The van der Waals surface area contributed by atoms with Crippen LogP contribution in [0.5, 0.6) is 0 Å². The van der Waals surface area contributed by atoms with Crippen molar-refractivity contribution in [2.45, 2.75) is 25.9 Å². The lowest BCUT2D eigenvalue weighted by atomic mass is 9.89. The van der Waals surface area contributed by atoms with Crippen LogP contribution in [-0.2, 0) is 0 Å². The van der Waals surface area contributed by atoms with Gasteiger partial charge in [0.25, 0.3) is 0 Å². The van der Waals surface area contributed by atoms with Crippen LogP contribution < -0.4 is 5.32 Å². The van der Waals surface area contributed by atoms with Gasteiger partial charge < -0.3 is 10.3 Å². The molecule has 1 aromatic carbocycles. The summed E-state index contributed by atoms with van der Waals surface area (Å²) in [7, 11) is 0. The zero-order valence-electron chi connectivity index (χ0n) is 10.7. The van der Waals surface area contributed by atoms with Gasteiger partial charge in [-0.15, -0.1) is 0 Å². The first-order valence-electron chi connectivity index (χ1n) is 6.69. The highest BCUT2D eigenvalue weighted by molar-refractivity contribution is 5.85. The second-order valence-electron chi connectivity index (χ2n) is 5.22. The van der Waals surface area contributed by atoms with E-state index in [1.54, 1.807) is 0 Å². The van der Waals surface area contributed by atoms with Crippen molar-refractivity contribution in [3.63, 3.8) is 0 Å². The lowest BCUT2D eigenvalue weighted by Crippen LogP contribution is -2.32. The zero-order chi connectivity index (χ0) is 12.5. The standard InChI is InChI=1S/C15H19FN2/c1-10-14(12-6-2-3-7-13(12)18-10)15(16)11-5-4-8-17-9-11/h2-3,6-7,11,15,17-18H,4-5,8-9H2,1H3. The number of rotatable bonds is 2. The molecule has 0 spiro atoms. The number of aryl methyl sites for hydroxylation is 1. The van der Waals surface area contributed by atoms with Gasteiger partial charge in [0.2, 0.25) is 0 Å². The van der Waals surface area contributed by atoms with Crippen LogP contribution in [0, 0.1) is 12.8 Å². The largest absolute Gasteiger partial charge is 0.358 e. The molecule has 1 aromatic heterocycles. The first-order valence-corrected chi connectivity index (χ1v) is 6.69. The van der Waals surface area contributed by atoms with Crippen LogP contribution in [0.1, 0.15) is 30.3 Å². The molecule has 2 nitrogen and oxygen atoms in total. The number of alkyl halides is 1. The number of halogens is 1. The summed E-state index contributed by atoms with van der Waals surface area (Å²) >= 11 is 0. The van der Waals surface area contributed by atoms with Gasteiger partial charge in [0, 0.05) is 34.6 Å². The molecule has 1 aliphatic rings.